The number of esters is 2. The number of amides is 1. The predicted molar refractivity (Wildman–Crippen MR) is 188 cm³/mol. The molecule has 0 atom stereocenters. The van der Waals surface area contributed by atoms with Gasteiger partial charge in [-0.25, -0.2) is 9.59 Å². The zero-order valence-corrected chi connectivity index (χ0v) is 29.4. The first-order valence-corrected chi connectivity index (χ1v) is 16.8. The van der Waals surface area contributed by atoms with Crippen LogP contribution in [0.2, 0.25) is 5.02 Å². The summed E-state index contributed by atoms with van der Waals surface area (Å²) in [4.78, 5) is 54.8. The second kappa shape index (κ2) is 17.6. The smallest absolute Gasteiger partial charge is 0.344 e. The number of fused-ring (bicyclic) bond motifs is 1. The third-order valence-electron chi connectivity index (χ3n) is 7.92. The van der Waals surface area contributed by atoms with Crippen LogP contribution in [-0.2, 0) is 30.4 Å². The van der Waals surface area contributed by atoms with Crippen LogP contribution in [0.1, 0.15) is 19.4 Å². The van der Waals surface area contributed by atoms with Gasteiger partial charge in [-0.05, 0) is 49.7 Å². The molecule has 4 aromatic rings. The highest BCUT2D eigenvalue weighted by molar-refractivity contribution is 6.30. The zero-order valence-electron chi connectivity index (χ0n) is 28.6. The lowest BCUT2D eigenvalue weighted by Gasteiger charge is -2.34. The molecule has 270 valence electrons. The number of hydrogen-bond donors (Lipinski definition) is 0. The summed E-state index contributed by atoms with van der Waals surface area (Å²) in [6.07, 6.45) is 0. The molecule has 1 fully saturated rings. The molecule has 0 saturated carbocycles. The highest BCUT2D eigenvalue weighted by Gasteiger charge is 2.23. The summed E-state index contributed by atoms with van der Waals surface area (Å²) < 4.78 is 38.7. The van der Waals surface area contributed by atoms with Crippen molar-refractivity contribution in [3.8, 4) is 34.3 Å². The van der Waals surface area contributed by atoms with Gasteiger partial charge in [-0.1, -0.05) is 23.7 Å². The van der Waals surface area contributed by atoms with Crippen molar-refractivity contribution in [2.75, 3.05) is 66.3 Å². The molecule has 14 heteroatoms. The van der Waals surface area contributed by atoms with Gasteiger partial charge in [-0.3, -0.25) is 14.5 Å². The molecule has 1 aromatic heterocycles. The number of rotatable bonds is 15. The molecule has 0 aliphatic carbocycles. The molecule has 1 saturated heterocycles. The topological polar surface area (TPSA) is 143 Å². The second-order valence-corrected chi connectivity index (χ2v) is 11.8. The monoisotopic (exact) mass is 722 g/mol. The lowest BCUT2D eigenvalue weighted by molar-refractivity contribution is -0.146. The molecule has 0 bridgehead atoms. The number of halogens is 1. The van der Waals surface area contributed by atoms with Gasteiger partial charge in [0, 0.05) is 61.5 Å². The molecule has 13 nitrogen and oxygen atoms in total. The van der Waals surface area contributed by atoms with Crippen molar-refractivity contribution in [2.45, 2.75) is 20.4 Å². The van der Waals surface area contributed by atoms with Crippen LogP contribution in [0.3, 0.4) is 0 Å². The molecule has 0 radical (unpaired) electrons. The molecule has 3 aromatic carbocycles. The van der Waals surface area contributed by atoms with Crippen LogP contribution >= 0.6 is 11.6 Å². The lowest BCUT2D eigenvalue weighted by atomic mass is 10.1. The Labute approximate surface area is 299 Å². The third-order valence-corrected chi connectivity index (χ3v) is 8.18. The minimum absolute atomic E-state index is 0.0505. The van der Waals surface area contributed by atoms with Crippen molar-refractivity contribution in [1.29, 1.82) is 0 Å². The van der Waals surface area contributed by atoms with Gasteiger partial charge in [0.15, 0.2) is 36.7 Å². The molecule has 2 heterocycles. The Hall–Kier alpha value is -5.27. The lowest BCUT2D eigenvalue weighted by Crippen LogP contribution is -2.49. The average molecular weight is 723 g/mol. The Kier molecular flexibility index (Phi) is 12.8. The summed E-state index contributed by atoms with van der Waals surface area (Å²) in [5.41, 5.74) is 1.21. The van der Waals surface area contributed by atoms with Crippen LogP contribution in [0.25, 0.3) is 22.3 Å². The largest absolute Gasteiger partial charge is 0.493 e. The van der Waals surface area contributed by atoms with Crippen LogP contribution in [0, 0.1) is 0 Å². The van der Waals surface area contributed by atoms with E-state index in [1.807, 2.05) is 24.3 Å². The van der Waals surface area contributed by atoms with Crippen molar-refractivity contribution < 1.29 is 47.2 Å². The summed E-state index contributed by atoms with van der Waals surface area (Å²) in [6, 6.07) is 16.7. The van der Waals surface area contributed by atoms with Gasteiger partial charge in [0.1, 0.15) is 28.2 Å². The number of carbonyl (C=O) groups is 3. The normalized spacial score (nSPS) is 13.1. The molecule has 5 rings (SSSR count). The average Bonchev–Trinajstić information content (AvgIpc) is 3.13. The molecule has 1 amide bonds. The first-order chi connectivity index (χ1) is 24.7. The van der Waals surface area contributed by atoms with Crippen molar-refractivity contribution in [3.63, 3.8) is 0 Å². The van der Waals surface area contributed by atoms with Crippen LogP contribution in [0.5, 0.6) is 23.0 Å². The standard InChI is InChI=1S/C37H39ClN2O11/c1-4-46-35(43)22-48-27-17-32(49-21-34(42)40-14-12-39(13-15-40)20-24-6-9-26(38)10-7-24)37-28(41)19-30(51-33(37)18-27)25-8-11-29(45-3)31(16-25)50-23-36(44)47-5-2/h6-11,16-19H,4-5,12-15,20-23H2,1-3H3. The highest BCUT2D eigenvalue weighted by Crippen LogP contribution is 2.36. The van der Waals surface area contributed by atoms with Crippen LogP contribution in [0.15, 0.2) is 69.9 Å². The van der Waals surface area contributed by atoms with Crippen LogP contribution in [-0.4, -0.2) is 94.0 Å². The zero-order chi connectivity index (χ0) is 36.3. The first kappa shape index (κ1) is 37.0. The molecule has 1 aliphatic heterocycles. The summed E-state index contributed by atoms with van der Waals surface area (Å²) in [5.74, 6) is -0.445. The summed E-state index contributed by atoms with van der Waals surface area (Å²) in [5, 5.41) is 0.761. The summed E-state index contributed by atoms with van der Waals surface area (Å²) >= 11 is 6.01. The number of ether oxygens (including phenoxy) is 6. The predicted octanol–water partition coefficient (Wildman–Crippen LogP) is 4.73. The van der Waals surface area contributed by atoms with Gasteiger partial charge in [0.05, 0.1) is 20.3 Å². The summed E-state index contributed by atoms with van der Waals surface area (Å²) in [6.45, 7) is 5.79. The maximum atomic E-state index is 13.6. The second-order valence-electron chi connectivity index (χ2n) is 11.4. The fourth-order valence-corrected chi connectivity index (χ4v) is 5.55. The number of benzene rings is 3. The molecule has 0 unspecified atom stereocenters. The third kappa shape index (κ3) is 9.92. The Morgan fingerprint density at radius 3 is 2.10 bits per heavy atom. The molecule has 0 spiro atoms. The minimum atomic E-state index is -0.589. The van der Waals surface area contributed by atoms with E-state index in [0.717, 1.165) is 12.1 Å². The van der Waals surface area contributed by atoms with Crippen molar-refractivity contribution in [3.05, 3.63) is 81.5 Å². The van der Waals surface area contributed by atoms with Gasteiger partial charge in [-0.2, -0.15) is 0 Å². The fraction of sp³-hybridized carbons (Fsp3) is 0.351. The van der Waals surface area contributed by atoms with Crippen molar-refractivity contribution in [2.24, 2.45) is 0 Å². The molecular formula is C37H39ClN2O11. The van der Waals surface area contributed by atoms with Gasteiger partial charge >= 0.3 is 11.9 Å². The van der Waals surface area contributed by atoms with E-state index in [1.165, 1.54) is 25.3 Å². The molecule has 0 N–H and O–H groups in total. The Bertz CT molecular complexity index is 1900. The number of hydrogen-bond acceptors (Lipinski definition) is 12. The summed E-state index contributed by atoms with van der Waals surface area (Å²) in [7, 11) is 1.45. The highest BCUT2D eigenvalue weighted by atomic mass is 35.5. The minimum Gasteiger partial charge on any atom is -0.493 e. The SMILES string of the molecule is CCOC(=O)COc1cc(OCC(=O)N2CCN(Cc3ccc(Cl)cc3)CC2)c2c(=O)cc(-c3ccc(OC)c(OCC(=O)OCC)c3)oc2c1. The molecular weight excluding hydrogens is 684 g/mol. The van der Waals surface area contributed by atoms with Gasteiger partial charge in [-0.15, -0.1) is 0 Å². The fourth-order valence-electron chi connectivity index (χ4n) is 5.43. The number of carbonyl (C=O) groups excluding carboxylic acids is 3. The Balaban J connectivity index is 1.36. The maximum absolute atomic E-state index is 13.6. The van der Waals surface area contributed by atoms with E-state index >= 15 is 0 Å². The number of methoxy groups -OCH3 is 1. The van der Waals surface area contributed by atoms with Gasteiger partial charge in [0.2, 0.25) is 0 Å². The number of piperazine rings is 1. The quantitative estimate of drug-likeness (QED) is 0.157. The van der Waals surface area contributed by atoms with E-state index in [4.69, 9.17) is 44.4 Å². The van der Waals surface area contributed by atoms with Crippen molar-refractivity contribution in [1.82, 2.24) is 9.80 Å². The van der Waals surface area contributed by atoms with Gasteiger partial charge < -0.3 is 37.7 Å². The van der Waals surface area contributed by atoms with E-state index in [9.17, 15) is 19.2 Å². The number of nitrogens with zero attached hydrogens (tertiary/aromatic N) is 2. The van der Waals surface area contributed by atoms with E-state index in [0.29, 0.717) is 42.5 Å². The Morgan fingerprint density at radius 1 is 0.765 bits per heavy atom. The van der Waals surface area contributed by atoms with Crippen molar-refractivity contribution >= 4 is 40.4 Å². The molecule has 1 aliphatic rings. The molecule has 51 heavy (non-hydrogen) atoms. The van der Waals surface area contributed by atoms with E-state index < -0.39 is 24.0 Å². The first-order valence-electron chi connectivity index (χ1n) is 16.4. The van der Waals surface area contributed by atoms with Gasteiger partial charge in [0.25, 0.3) is 5.91 Å². The Morgan fingerprint density at radius 2 is 1.43 bits per heavy atom. The maximum Gasteiger partial charge on any atom is 0.344 e. The van der Waals surface area contributed by atoms with Crippen LogP contribution in [0.4, 0.5) is 0 Å². The van der Waals surface area contributed by atoms with E-state index in [1.54, 1.807) is 36.9 Å². The van der Waals surface area contributed by atoms with E-state index in [2.05, 4.69) is 4.90 Å². The van der Waals surface area contributed by atoms with Crippen LogP contribution < -0.4 is 24.4 Å². The van der Waals surface area contributed by atoms with E-state index in [-0.39, 0.29) is 66.3 Å².